The van der Waals surface area contributed by atoms with E-state index in [9.17, 15) is 0 Å². The Balaban J connectivity index is 0.000000131. The van der Waals surface area contributed by atoms with Crippen molar-refractivity contribution in [1.29, 1.82) is 0 Å². The molecule has 0 bridgehead atoms. The molecule has 16 aromatic carbocycles. The van der Waals surface area contributed by atoms with E-state index in [-0.39, 0.29) is 0 Å². The molecule has 0 atom stereocenters. The van der Waals surface area contributed by atoms with Crippen LogP contribution >= 0.6 is 34.3 Å². The lowest BCUT2D eigenvalue weighted by Crippen LogP contribution is -2.09. The number of benzene rings is 16. The fourth-order valence-electron chi connectivity index (χ4n) is 13.2. The molecular formula is C96H67ClN2S2. The van der Waals surface area contributed by atoms with Gasteiger partial charge >= 0.3 is 0 Å². The van der Waals surface area contributed by atoms with Gasteiger partial charge < -0.3 is 10.2 Å². The number of rotatable bonds is 13. The molecule has 0 amide bonds. The molecule has 0 aliphatic heterocycles. The maximum atomic E-state index is 5.96. The van der Waals surface area contributed by atoms with Gasteiger partial charge in [0, 0.05) is 73.8 Å². The molecule has 18 aromatic rings. The standard InChI is InChI=1S/C48H33NS.C30H23N.C18H11ClS/c1-3-9-34(10-4-1)35-15-17-36(18-16-35)37-19-21-38(22-20-37)39-23-28-43(29-24-39)49(42-11-5-2-6-12-42)44-30-25-40(26-31-44)41-27-32-48-46(33-41)45-13-7-8-14-47(45)50-48;1-3-7-23(8-4-1)24-11-13-25(14-12-24)26-15-17-27(18-16-26)28-19-21-30(22-20-28)31-29-9-5-2-6-10-29;19-14-8-5-12(6-9-14)13-7-10-18-16(11-13)15-3-1-2-4-17(15)20-18/h1-33H;1-22,31H;1-11H. The lowest BCUT2D eigenvalue weighted by atomic mass is 9.98. The molecule has 0 radical (unpaired) electrons. The summed E-state index contributed by atoms with van der Waals surface area (Å²) in [5.74, 6) is 0. The van der Waals surface area contributed by atoms with E-state index < -0.39 is 0 Å². The Kier molecular flexibility index (Phi) is 18.6. The average molecular weight is 1350 g/mol. The summed E-state index contributed by atoms with van der Waals surface area (Å²) in [6.07, 6.45) is 0. The number of nitrogens with one attached hydrogen (secondary N) is 1. The first-order valence-corrected chi connectivity index (χ1v) is 36.0. The van der Waals surface area contributed by atoms with Crippen molar-refractivity contribution in [3.05, 3.63) is 405 Å². The van der Waals surface area contributed by atoms with Gasteiger partial charge in [-0.15, -0.1) is 22.7 Å². The highest BCUT2D eigenvalue weighted by Crippen LogP contribution is 2.41. The van der Waals surface area contributed by atoms with E-state index in [4.69, 9.17) is 11.6 Å². The van der Waals surface area contributed by atoms with Gasteiger partial charge in [0.05, 0.1) is 0 Å². The van der Waals surface area contributed by atoms with E-state index in [1.165, 1.54) is 129 Å². The monoisotopic (exact) mass is 1350 g/mol. The molecule has 0 unspecified atom stereocenters. The molecule has 0 saturated carbocycles. The normalized spacial score (nSPS) is 11.0. The number of thiophene rings is 2. The van der Waals surface area contributed by atoms with E-state index in [0.29, 0.717) is 0 Å². The van der Waals surface area contributed by atoms with Crippen LogP contribution < -0.4 is 10.2 Å². The summed E-state index contributed by atoms with van der Waals surface area (Å²) in [5.41, 5.74) is 25.1. The van der Waals surface area contributed by atoms with Crippen molar-refractivity contribution in [3.63, 3.8) is 0 Å². The second-order valence-electron chi connectivity index (χ2n) is 25.0. The van der Waals surface area contributed by atoms with Crippen molar-refractivity contribution < 1.29 is 0 Å². The van der Waals surface area contributed by atoms with Gasteiger partial charge in [-0.1, -0.05) is 303 Å². The quantitative estimate of drug-likeness (QED) is 0.124. The minimum Gasteiger partial charge on any atom is -0.356 e. The molecule has 18 rings (SSSR count). The highest BCUT2D eigenvalue weighted by Gasteiger charge is 2.15. The summed E-state index contributed by atoms with van der Waals surface area (Å²) in [6.45, 7) is 0. The number of para-hydroxylation sites is 2. The Hall–Kier alpha value is -12.2. The molecule has 101 heavy (non-hydrogen) atoms. The first-order chi connectivity index (χ1) is 49.9. The van der Waals surface area contributed by atoms with Crippen LogP contribution in [-0.4, -0.2) is 0 Å². The number of hydrogen-bond donors (Lipinski definition) is 1. The van der Waals surface area contributed by atoms with Crippen molar-refractivity contribution in [2.45, 2.75) is 0 Å². The molecule has 2 nitrogen and oxygen atoms in total. The van der Waals surface area contributed by atoms with Crippen LogP contribution in [0.15, 0.2) is 400 Å². The smallest absolute Gasteiger partial charge is 0.0462 e. The van der Waals surface area contributed by atoms with E-state index in [1.807, 2.05) is 59.1 Å². The molecule has 480 valence electrons. The molecule has 1 N–H and O–H groups in total. The topological polar surface area (TPSA) is 15.3 Å². The average Bonchev–Trinajstić information content (AvgIpc) is 1.64. The van der Waals surface area contributed by atoms with E-state index >= 15 is 0 Å². The van der Waals surface area contributed by atoms with Crippen molar-refractivity contribution >= 4 is 103 Å². The molecule has 0 aliphatic rings. The summed E-state index contributed by atoms with van der Waals surface area (Å²) < 4.78 is 5.34. The van der Waals surface area contributed by atoms with Crippen LogP contribution in [0.3, 0.4) is 0 Å². The third-order valence-electron chi connectivity index (χ3n) is 18.6. The molecule has 0 aliphatic carbocycles. The van der Waals surface area contributed by atoms with Crippen LogP contribution in [-0.2, 0) is 0 Å². The third kappa shape index (κ3) is 14.4. The first kappa shape index (κ1) is 63.6. The Morgan fingerprint density at radius 2 is 0.426 bits per heavy atom. The Bertz CT molecular complexity index is 5770. The number of fused-ring (bicyclic) bond motifs is 6. The van der Waals surface area contributed by atoms with E-state index in [0.717, 1.165) is 33.5 Å². The maximum Gasteiger partial charge on any atom is 0.0462 e. The zero-order valence-electron chi connectivity index (χ0n) is 55.2. The summed E-state index contributed by atoms with van der Waals surface area (Å²) in [6, 6.07) is 142. The lowest BCUT2D eigenvalue weighted by molar-refractivity contribution is 1.28. The maximum absolute atomic E-state index is 5.96. The fraction of sp³-hybridized carbons (Fsp3) is 0. The molecule has 0 saturated heterocycles. The summed E-state index contributed by atoms with van der Waals surface area (Å²) in [4.78, 5) is 2.32. The van der Waals surface area contributed by atoms with Crippen molar-refractivity contribution in [2.75, 3.05) is 10.2 Å². The number of halogens is 1. The molecule has 2 heterocycles. The largest absolute Gasteiger partial charge is 0.356 e. The van der Waals surface area contributed by atoms with Gasteiger partial charge in [-0.3, -0.25) is 0 Å². The highest BCUT2D eigenvalue weighted by atomic mass is 35.5. The van der Waals surface area contributed by atoms with Gasteiger partial charge in [0.2, 0.25) is 0 Å². The Labute approximate surface area is 603 Å². The minimum atomic E-state index is 0.774. The van der Waals surface area contributed by atoms with Gasteiger partial charge in [0.25, 0.3) is 0 Å². The Morgan fingerprint density at radius 3 is 0.792 bits per heavy atom. The zero-order valence-corrected chi connectivity index (χ0v) is 57.6. The second kappa shape index (κ2) is 29.5. The van der Waals surface area contributed by atoms with Crippen molar-refractivity contribution in [1.82, 2.24) is 0 Å². The van der Waals surface area contributed by atoms with Crippen molar-refractivity contribution in [3.8, 4) is 89.0 Å². The van der Waals surface area contributed by atoms with E-state index in [1.54, 1.807) is 0 Å². The fourth-order valence-corrected chi connectivity index (χ4v) is 15.5. The summed E-state index contributed by atoms with van der Waals surface area (Å²) >= 11 is 9.66. The van der Waals surface area contributed by atoms with Crippen LogP contribution in [0.4, 0.5) is 28.4 Å². The van der Waals surface area contributed by atoms with Gasteiger partial charge in [-0.05, 0) is 198 Å². The van der Waals surface area contributed by atoms with Crippen LogP contribution in [0.2, 0.25) is 5.02 Å². The third-order valence-corrected chi connectivity index (χ3v) is 21.1. The Morgan fingerprint density at radius 1 is 0.188 bits per heavy atom. The number of hydrogen-bond acceptors (Lipinski definition) is 4. The molecular weight excluding hydrogens is 1280 g/mol. The predicted molar refractivity (Wildman–Crippen MR) is 438 cm³/mol. The van der Waals surface area contributed by atoms with Crippen LogP contribution in [0.1, 0.15) is 0 Å². The molecule has 0 spiro atoms. The van der Waals surface area contributed by atoms with Crippen molar-refractivity contribution in [2.24, 2.45) is 0 Å². The summed E-state index contributed by atoms with van der Waals surface area (Å²) in [5, 5.41) is 9.52. The molecule has 0 fully saturated rings. The minimum absolute atomic E-state index is 0.774. The second-order valence-corrected chi connectivity index (χ2v) is 27.6. The molecule has 5 heteroatoms. The highest BCUT2D eigenvalue weighted by molar-refractivity contribution is 7.26. The first-order valence-electron chi connectivity index (χ1n) is 34.0. The van der Waals surface area contributed by atoms with Crippen LogP contribution in [0.25, 0.3) is 129 Å². The van der Waals surface area contributed by atoms with Crippen LogP contribution in [0, 0.1) is 0 Å². The number of nitrogens with zero attached hydrogens (tertiary/aromatic N) is 1. The van der Waals surface area contributed by atoms with E-state index in [2.05, 4.69) is 374 Å². The van der Waals surface area contributed by atoms with Gasteiger partial charge in [-0.2, -0.15) is 0 Å². The lowest BCUT2D eigenvalue weighted by Gasteiger charge is -2.26. The summed E-state index contributed by atoms with van der Waals surface area (Å²) in [7, 11) is 0. The van der Waals surface area contributed by atoms with Gasteiger partial charge in [0.15, 0.2) is 0 Å². The predicted octanol–water partition coefficient (Wildman–Crippen LogP) is 29.0. The zero-order chi connectivity index (χ0) is 67.7. The number of anilines is 5. The van der Waals surface area contributed by atoms with Crippen LogP contribution in [0.5, 0.6) is 0 Å². The van der Waals surface area contributed by atoms with Gasteiger partial charge in [-0.25, -0.2) is 0 Å². The molecule has 2 aromatic heterocycles. The van der Waals surface area contributed by atoms with Gasteiger partial charge in [0.1, 0.15) is 0 Å². The SMILES string of the molecule is Clc1ccc(-c2ccc3sc4ccccc4c3c2)cc1.c1ccc(-c2ccc(-c3ccc(-c4ccc(N(c5ccccc5)c5ccc(-c6ccc7sc8ccccc8c7c6)cc5)cc4)cc3)cc2)cc1.c1ccc(Nc2ccc(-c3ccc(-c4ccc(-c5ccccc5)cc4)cc3)cc2)cc1.